The molecular weight excluding hydrogens is 338 g/mol. The van der Waals surface area contributed by atoms with Gasteiger partial charge in [-0.3, -0.25) is 10.00 Å². The van der Waals surface area contributed by atoms with Gasteiger partial charge in [-0.15, -0.1) is 0 Å². The third-order valence-electron chi connectivity index (χ3n) is 5.55. The minimum absolute atomic E-state index is 0.0818. The Morgan fingerprint density at radius 3 is 2.74 bits per heavy atom. The number of phenols is 1. The second kappa shape index (κ2) is 6.62. The summed E-state index contributed by atoms with van der Waals surface area (Å²) < 4.78 is 0. The summed E-state index contributed by atoms with van der Waals surface area (Å²) in [4.78, 5) is 7.31. The fraction of sp³-hybridized carbons (Fsp3) is 0.429. The Kier molecular flexibility index (Phi) is 4.40. The Balaban J connectivity index is 1.78. The van der Waals surface area contributed by atoms with Gasteiger partial charge in [0, 0.05) is 42.2 Å². The fourth-order valence-corrected chi connectivity index (χ4v) is 3.84. The van der Waals surface area contributed by atoms with Crippen molar-refractivity contribution >= 4 is 11.0 Å². The Morgan fingerprint density at radius 1 is 1.26 bits per heavy atom. The zero-order valence-corrected chi connectivity index (χ0v) is 16.4. The maximum atomic E-state index is 9.58. The van der Waals surface area contributed by atoms with Crippen molar-refractivity contribution < 1.29 is 5.11 Å². The van der Waals surface area contributed by atoms with Gasteiger partial charge in [-0.05, 0) is 63.6 Å². The Morgan fingerprint density at radius 2 is 2.00 bits per heavy atom. The van der Waals surface area contributed by atoms with Crippen LogP contribution in [0.25, 0.3) is 22.3 Å². The van der Waals surface area contributed by atoms with Crippen LogP contribution in [0.2, 0.25) is 0 Å². The smallest absolute Gasteiger partial charge is 0.156 e. The average molecular weight is 365 g/mol. The zero-order valence-electron chi connectivity index (χ0n) is 16.4. The molecule has 2 aromatic heterocycles. The minimum atomic E-state index is 0.0818. The molecule has 0 unspecified atom stereocenters. The first-order valence-corrected chi connectivity index (χ1v) is 9.46. The number of fused-ring (bicyclic) bond motifs is 1. The SMILES string of the molecule is Cc1n[nH]c2nc(-c3ccc(O)cc3)cc(CN3C[C@@H](C)NCC3(C)C)c12. The van der Waals surface area contributed by atoms with Gasteiger partial charge in [0.05, 0.1) is 11.4 Å². The molecule has 0 bridgehead atoms. The van der Waals surface area contributed by atoms with Gasteiger partial charge in [0.1, 0.15) is 5.75 Å². The van der Waals surface area contributed by atoms with E-state index in [1.54, 1.807) is 12.1 Å². The highest BCUT2D eigenvalue weighted by Gasteiger charge is 2.32. The van der Waals surface area contributed by atoms with Crippen molar-refractivity contribution in [3.05, 3.63) is 41.6 Å². The van der Waals surface area contributed by atoms with Crippen LogP contribution in [0.4, 0.5) is 0 Å². The lowest BCUT2D eigenvalue weighted by molar-refractivity contribution is 0.0630. The van der Waals surface area contributed by atoms with Crippen LogP contribution in [0.15, 0.2) is 30.3 Å². The van der Waals surface area contributed by atoms with Crippen molar-refractivity contribution in [1.29, 1.82) is 0 Å². The van der Waals surface area contributed by atoms with Crippen LogP contribution in [0.5, 0.6) is 5.75 Å². The van der Waals surface area contributed by atoms with Crippen molar-refractivity contribution in [2.24, 2.45) is 0 Å². The molecule has 0 spiro atoms. The highest BCUT2D eigenvalue weighted by atomic mass is 16.3. The molecular formula is C21H27N5O. The number of pyridine rings is 1. The number of benzene rings is 1. The first-order valence-electron chi connectivity index (χ1n) is 9.46. The zero-order chi connectivity index (χ0) is 19.2. The Bertz CT molecular complexity index is 961. The van der Waals surface area contributed by atoms with E-state index in [1.807, 2.05) is 19.1 Å². The number of aryl methyl sites for hydroxylation is 1. The van der Waals surface area contributed by atoms with E-state index in [4.69, 9.17) is 4.98 Å². The molecule has 1 aliphatic rings. The molecule has 3 N–H and O–H groups in total. The summed E-state index contributed by atoms with van der Waals surface area (Å²) in [5, 5.41) is 21.7. The number of nitrogens with zero attached hydrogens (tertiary/aromatic N) is 3. The van der Waals surface area contributed by atoms with Gasteiger partial charge in [-0.1, -0.05) is 0 Å². The van der Waals surface area contributed by atoms with E-state index in [2.05, 4.69) is 47.3 Å². The summed E-state index contributed by atoms with van der Waals surface area (Å²) in [5.41, 5.74) is 4.98. The molecule has 1 fully saturated rings. The first kappa shape index (κ1) is 17.9. The number of H-pyrrole nitrogens is 1. The highest BCUT2D eigenvalue weighted by Crippen LogP contribution is 2.30. The number of hydrogen-bond acceptors (Lipinski definition) is 5. The van der Waals surface area contributed by atoms with E-state index in [1.165, 1.54) is 5.56 Å². The van der Waals surface area contributed by atoms with E-state index in [9.17, 15) is 5.11 Å². The summed E-state index contributed by atoms with van der Waals surface area (Å²) in [7, 11) is 0. The summed E-state index contributed by atoms with van der Waals surface area (Å²) in [6, 6.07) is 9.82. The standard InChI is InChI=1S/C21H27N5O/c1-13-10-26(21(3,4)12-22-13)11-16-9-18(15-5-7-17(27)8-6-15)23-20-19(16)14(2)24-25-20/h5-9,13,22,27H,10-12H2,1-4H3,(H,23,24,25)/t13-/m1/s1. The number of aromatic nitrogens is 3. The summed E-state index contributed by atoms with van der Waals surface area (Å²) in [6.45, 7) is 11.6. The van der Waals surface area contributed by atoms with Crippen LogP contribution in [0.3, 0.4) is 0 Å². The number of phenolic OH excluding ortho intramolecular Hbond substituents is 1. The topological polar surface area (TPSA) is 77.1 Å². The van der Waals surface area contributed by atoms with E-state index >= 15 is 0 Å². The first-order chi connectivity index (χ1) is 12.8. The third kappa shape index (κ3) is 3.42. The molecule has 0 amide bonds. The molecule has 1 aliphatic heterocycles. The van der Waals surface area contributed by atoms with Crippen molar-refractivity contribution in [3.63, 3.8) is 0 Å². The van der Waals surface area contributed by atoms with E-state index in [0.29, 0.717) is 6.04 Å². The number of rotatable bonds is 3. The quantitative estimate of drug-likeness (QED) is 0.664. The van der Waals surface area contributed by atoms with Crippen molar-refractivity contribution in [2.45, 2.75) is 45.8 Å². The van der Waals surface area contributed by atoms with E-state index in [0.717, 1.165) is 47.6 Å². The number of aromatic amines is 1. The minimum Gasteiger partial charge on any atom is -0.508 e. The largest absolute Gasteiger partial charge is 0.508 e. The van der Waals surface area contributed by atoms with Gasteiger partial charge in [-0.25, -0.2) is 4.98 Å². The van der Waals surface area contributed by atoms with Gasteiger partial charge in [0.25, 0.3) is 0 Å². The summed E-state index contributed by atoms with van der Waals surface area (Å²) in [5.74, 6) is 0.258. The molecule has 142 valence electrons. The van der Waals surface area contributed by atoms with Gasteiger partial charge < -0.3 is 10.4 Å². The predicted octanol–water partition coefficient (Wildman–Crippen LogP) is 3.21. The van der Waals surface area contributed by atoms with Gasteiger partial charge in [-0.2, -0.15) is 5.10 Å². The van der Waals surface area contributed by atoms with Crippen LogP contribution < -0.4 is 5.32 Å². The molecule has 6 heteroatoms. The maximum absolute atomic E-state index is 9.58. The molecule has 1 atom stereocenters. The molecule has 3 heterocycles. The normalized spacial score (nSPS) is 20.2. The Labute approximate surface area is 159 Å². The monoisotopic (exact) mass is 365 g/mol. The number of piperazine rings is 1. The number of nitrogens with one attached hydrogen (secondary N) is 2. The van der Waals surface area contributed by atoms with Crippen LogP contribution in [0.1, 0.15) is 32.0 Å². The molecule has 4 rings (SSSR count). The van der Waals surface area contributed by atoms with Crippen LogP contribution >= 0.6 is 0 Å². The van der Waals surface area contributed by atoms with Crippen molar-refractivity contribution in [2.75, 3.05) is 13.1 Å². The Hall–Kier alpha value is -2.44. The lowest BCUT2D eigenvalue weighted by Crippen LogP contribution is -2.60. The molecule has 0 aliphatic carbocycles. The van der Waals surface area contributed by atoms with Crippen molar-refractivity contribution in [1.82, 2.24) is 25.4 Å². The lowest BCUT2D eigenvalue weighted by Gasteiger charge is -2.45. The van der Waals surface area contributed by atoms with Crippen LogP contribution in [-0.2, 0) is 6.54 Å². The number of aromatic hydroxyl groups is 1. The summed E-state index contributed by atoms with van der Waals surface area (Å²) >= 11 is 0. The molecule has 0 radical (unpaired) electrons. The fourth-order valence-electron chi connectivity index (χ4n) is 3.84. The van der Waals surface area contributed by atoms with Gasteiger partial charge in [0.2, 0.25) is 0 Å². The molecule has 6 nitrogen and oxygen atoms in total. The molecule has 1 saturated heterocycles. The molecule has 1 aromatic carbocycles. The second-order valence-corrected chi connectivity index (χ2v) is 8.22. The van der Waals surface area contributed by atoms with Gasteiger partial charge >= 0.3 is 0 Å². The maximum Gasteiger partial charge on any atom is 0.156 e. The van der Waals surface area contributed by atoms with Crippen LogP contribution in [-0.4, -0.2) is 49.9 Å². The molecule has 27 heavy (non-hydrogen) atoms. The highest BCUT2D eigenvalue weighted by molar-refractivity contribution is 5.84. The van der Waals surface area contributed by atoms with Crippen LogP contribution in [0, 0.1) is 6.92 Å². The van der Waals surface area contributed by atoms with E-state index < -0.39 is 0 Å². The summed E-state index contributed by atoms with van der Waals surface area (Å²) in [6.07, 6.45) is 0. The lowest BCUT2D eigenvalue weighted by atomic mass is 9.96. The molecule has 3 aromatic rings. The average Bonchev–Trinajstić information content (AvgIpc) is 3.00. The van der Waals surface area contributed by atoms with E-state index in [-0.39, 0.29) is 11.3 Å². The van der Waals surface area contributed by atoms with Crippen molar-refractivity contribution in [3.8, 4) is 17.0 Å². The number of hydrogen-bond donors (Lipinski definition) is 3. The van der Waals surface area contributed by atoms with Gasteiger partial charge in [0.15, 0.2) is 5.65 Å². The third-order valence-corrected chi connectivity index (χ3v) is 5.55. The second-order valence-electron chi connectivity index (χ2n) is 8.22. The predicted molar refractivity (Wildman–Crippen MR) is 108 cm³/mol. The molecule has 0 saturated carbocycles.